The maximum absolute atomic E-state index is 12.5. The van der Waals surface area contributed by atoms with Crippen LogP contribution in [0.5, 0.6) is 0 Å². The van der Waals surface area contributed by atoms with Crippen molar-refractivity contribution in [3.63, 3.8) is 0 Å². The fourth-order valence-corrected chi connectivity index (χ4v) is 3.06. The lowest BCUT2D eigenvalue weighted by Gasteiger charge is -2.31. The van der Waals surface area contributed by atoms with Crippen LogP contribution in [-0.4, -0.2) is 48.2 Å². The first-order chi connectivity index (χ1) is 12.3. The number of nitrogens with one attached hydrogen (secondary N) is 1. The molecule has 0 aliphatic carbocycles. The number of amides is 2. The molecular formula is C19H27Cl2N3O3. The molecular weight excluding hydrogens is 389 g/mol. The molecule has 1 aliphatic heterocycles. The van der Waals surface area contributed by atoms with Crippen molar-refractivity contribution in [2.45, 2.75) is 32.7 Å². The van der Waals surface area contributed by atoms with Gasteiger partial charge >= 0.3 is 0 Å². The van der Waals surface area contributed by atoms with Crippen molar-refractivity contribution in [2.75, 3.05) is 19.6 Å². The topological polar surface area (TPSA) is 92.5 Å². The number of ketones is 1. The number of piperidine rings is 1. The second kappa shape index (κ2) is 10.6. The van der Waals surface area contributed by atoms with Gasteiger partial charge in [0, 0.05) is 29.6 Å². The number of carbonyl (C=O) groups excluding carboxylic acids is 3. The molecule has 1 atom stereocenters. The van der Waals surface area contributed by atoms with Crippen molar-refractivity contribution >= 4 is 41.6 Å². The van der Waals surface area contributed by atoms with Gasteiger partial charge in [-0.05, 0) is 43.0 Å². The molecule has 0 unspecified atom stereocenters. The van der Waals surface area contributed by atoms with Gasteiger partial charge < -0.3 is 16.0 Å². The van der Waals surface area contributed by atoms with Crippen molar-refractivity contribution in [1.82, 2.24) is 10.2 Å². The molecule has 27 heavy (non-hydrogen) atoms. The van der Waals surface area contributed by atoms with Gasteiger partial charge in [-0.15, -0.1) is 12.4 Å². The Kier molecular flexibility index (Phi) is 9.22. The monoisotopic (exact) mass is 415 g/mol. The number of halogens is 2. The molecule has 0 bridgehead atoms. The molecule has 150 valence electrons. The van der Waals surface area contributed by atoms with E-state index in [9.17, 15) is 14.4 Å². The number of nitrogens with zero attached hydrogens (tertiary/aromatic N) is 1. The summed E-state index contributed by atoms with van der Waals surface area (Å²) in [5.41, 5.74) is 6.41. The molecule has 0 saturated carbocycles. The summed E-state index contributed by atoms with van der Waals surface area (Å²) >= 11 is 5.85. The second-order valence-electron chi connectivity index (χ2n) is 7.01. The fourth-order valence-electron chi connectivity index (χ4n) is 2.94. The Bertz CT molecular complexity index is 657. The standard InChI is InChI=1S/C19H26ClN3O3.ClH/c1-12(2)17(21)19(26)22-11-16(24)23-9-7-14(8-10-23)18(25)13-3-5-15(20)6-4-13;/h3-6,12,14,17H,7-11,21H2,1-2H3,(H,22,26);1H/t17-;/m0./s1. The Morgan fingerprint density at radius 2 is 1.74 bits per heavy atom. The average Bonchev–Trinajstić information content (AvgIpc) is 2.65. The molecule has 1 heterocycles. The molecule has 0 aromatic heterocycles. The van der Waals surface area contributed by atoms with Crippen LogP contribution in [0, 0.1) is 11.8 Å². The van der Waals surface area contributed by atoms with E-state index in [1.807, 2.05) is 13.8 Å². The molecule has 1 fully saturated rings. The van der Waals surface area contributed by atoms with E-state index in [-0.39, 0.29) is 48.4 Å². The fraction of sp³-hybridized carbons (Fsp3) is 0.526. The Hall–Kier alpha value is -1.63. The van der Waals surface area contributed by atoms with Gasteiger partial charge in [0.05, 0.1) is 12.6 Å². The van der Waals surface area contributed by atoms with Gasteiger partial charge in [-0.1, -0.05) is 25.4 Å². The van der Waals surface area contributed by atoms with Gasteiger partial charge in [0.2, 0.25) is 11.8 Å². The Morgan fingerprint density at radius 1 is 1.19 bits per heavy atom. The number of hydrogen-bond donors (Lipinski definition) is 2. The molecule has 3 N–H and O–H groups in total. The van der Waals surface area contributed by atoms with Crippen LogP contribution in [0.2, 0.25) is 5.02 Å². The van der Waals surface area contributed by atoms with Crippen LogP contribution in [0.15, 0.2) is 24.3 Å². The zero-order valence-corrected chi connectivity index (χ0v) is 17.2. The third-order valence-corrected chi connectivity index (χ3v) is 5.03. The SMILES string of the molecule is CC(C)[C@H](N)C(=O)NCC(=O)N1CCC(C(=O)c2ccc(Cl)cc2)CC1.Cl. The number of Topliss-reactive ketones (excluding diaryl/α,β-unsaturated/α-hetero) is 1. The van der Waals surface area contributed by atoms with Crippen molar-refractivity contribution in [3.8, 4) is 0 Å². The third-order valence-electron chi connectivity index (χ3n) is 4.78. The summed E-state index contributed by atoms with van der Waals surface area (Å²) in [5, 5.41) is 3.19. The second-order valence-corrected chi connectivity index (χ2v) is 7.45. The van der Waals surface area contributed by atoms with Gasteiger partial charge in [-0.2, -0.15) is 0 Å². The van der Waals surface area contributed by atoms with Crippen molar-refractivity contribution < 1.29 is 14.4 Å². The Labute approximate surface area is 171 Å². The Morgan fingerprint density at radius 3 is 2.26 bits per heavy atom. The maximum atomic E-state index is 12.5. The quantitative estimate of drug-likeness (QED) is 0.696. The number of benzene rings is 1. The van der Waals surface area contributed by atoms with Crippen molar-refractivity contribution in [2.24, 2.45) is 17.6 Å². The smallest absolute Gasteiger partial charge is 0.241 e. The summed E-state index contributed by atoms with van der Waals surface area (Å²) in [7, 11) is 0. The summed E-state index contributed by atoms with van der Waals surface area (Å²) in [6.07, 6.45) is 1.24. The minimum atomic E-state index is -0.620. The number of hydrogen-bond acceptors (Lipinski definition) is 4. The summed E-state index contributed by atoms with van der Waals surface area (Å²) in [4.78, 5) is 38.3. The van der Waals surface area contributed by atoms with Crippen LogP contribution in [0.1, 0.15) is 37.0 Å². The zero-order valence-electron chi connectivity index (χ0n) is 15.6. The summed E-state index contributed by atoms with van der Waals surface area (Å²) in [6, 6.07) is 6.26. The van der Waals surface area contributed by atoms with Crippen LogP contribution in [0.4, 0.5) is 0 Å². The maximum Gasteiger partial charge on any atom is 0.241 e. The number of nitrogens with two attached hydrogens (primary N) is 1. The van der Waals surface area contributed by atoms with E-state index in [2.05, 4.69) is 5.32 Å². The van der Waals surface area contributed by atoms with E-state index >= 15 is 0 Å². The minimum Gasteiger partial charge on any atom is -0.346 e. The van der Waals surface area contributed by atoms with E-state index in [0.29, 0.717) is 36.5 Å². The molecule has 2 rings (SSSR count). The summed E-state index contributed by atoms with van der Waals surface area (Å²) < 4.78 is 0. The normalized spacial score (nSPS) is 15.8. The highest BCUT2D eigenvalue weighted by molar-refractivity contribution is 6.30. The van der Waals surface area contributed by atoms with Crippen LogP contribution in [0.25, 0.3) is 0 Å². The van der Waals surface area contributed by atoms with Crippen molar-refractivity contribution in [1.29, 1.82) is 0 Å². The zero-order chi connectivity index (χ0) is 19.3. The first-order valence-corrected chi connectivity index (χ1v) is 9.28. The first-order valence-electron chi connectivity index (χ1n) is 8.90. The van der Waals surface area contributed by atoms with E-state index in [1.165, 1.54) is 0 Å². The van der Waals surface area contributed by atoms with Gasteiger partial charge in [0.25, 0.3) is 0 Å². The van der Waals surface area contributed by atoms with E-state index < -0.39 is 6.04 Å². The summed E-state index contributed by atoms with van der Waals surface area (Å²) in [5.74, 6) is -0.457. The third kappa shape index (κ3) is 6.48. The predicted molar refractivity (Wildman–Crippen MR) is 108 cm³/mol. The molecule has 6 nitrogen and oxygen atoms in total. The highest BCUT2D eigenvalue weighted by Crippen LogP contribution is 2.22. The lowest BCUT2D eigenvalue weighted by Crippen LogP contribution is -2.49. The molecule has 1 aliphatic rings. The lowest BCUT2D eigenvalue weighted by molar-refractivity contribution is -0.134. The van der Waals surface area contributed by atoms with Crippen LogP contribution < -0.4 is 11.1 Å². The van der Waals surface area contributed by atoms with Gasteiger partial charge in [-0.25, -0.2) is 0 Å². The van der Waals surface area contributed by atoms with E-state index in [4.69, 9.17) is 17.3 Å². The number of rotatable bonds is 6. The Balaban J connectivity index is 0.00000364. The number of carbonyl (C=O) groups is 3. The van der Waals surface area contributed by atoms with Gasteiger partial charge in [-0.3, -0.25) is 14.4 Å². The first kappa shape index (κ1) is 23.4. The average molecular weight is 416 g/mol. The van der Waals surface area contributed by atoms with Gasteiger partial charge in [0.1, 0.15) is 0 Å². The van der Waals surface area contributed by atoms with Crippen LogP contribution in [0.3, 0.4) is 0 Å². The molecule has 1 saturated heterocycles. The summed E-state index contributed by atoms with van der Waals surface area (Å²) in [6.45, 7) is 4.67. The highest BCUT2D eigenvalue weighted by Gasteiger charge is 2.28. The van der Waals surface area contributed by atoms with Crippen LogP contribution in [-0.2, 0) is 9.59 Å². The van der Waals surface area contributed by atoms with Crippen molar-refractivity contribution in [3.05, 3.63) is 34.9 Å². The molecule has 1 aromatic rings. The number of likely N-dealkylation sites (tertiary alicyclic amines) is 1. The molecule has 8 heteroatoms. The van der Waals surface area contributed by atoms with Crippen LogP contribution >= 0.6 is 24.0 Å². The van der Waals surface area contributed by atoms with Gasteiger partial charge in [0.15, 0.2) is 5.78 Å². The molecule has 1 aromatic carbocycles. The molecule has 2 amide bonds. The minimum absolute atomic E-state index is 0. The molecule has 0 spiro atoms. The predicted octanol–water partition coefficient (Wildman–Crippen LogP) is 2.28. The van der Waals surface area contributed by atoms with E-state index in [0.717, 1.165) is 0 Å². The van der Waals surface area contributed by atoms with E-state index in [1.54, 1.807) is 29.2 Å². The highest BCUT2D eigenvalue weighted by atomic mass is 35.5. The lowest BCUT2D eigenvalue weighted by atomic mass is 9.89. The largest absolute Gasteiger partial charge is 0.346 e. The molecule has 0 radical (unpaired) electrons.